The number of hydrogen-bond acceptors (Lipinski definition) is 3. The monoisotopic (exact) mass is 344 g/mol. The van der Waals surface area contributed by atoms with Crippen LogP contribution in [-0.2, 0) is 12.8 Å². The Hall–Kier alpha value is -2.01. The predicted molar refractivity (Wildman–Crippen MR) is 94.8 cm³/mol. The highest BCUT2D eigenvalue weighted by atomic mass is 35.5. The van der Waals surface area contributed by atoms with Gasteiger partial charge in [-0.15, -0.1) is 0 Å². The molecule has 1 N–H and O–H groups in total. The van der Waals surface area contributed by atoms with Crippen molar-refractivity contribution < 1.29 is 4.79 Å². The number of aromatic amines is 1. The number of halogens is 1. The maximum absolute atomic E-state index is 12.8. The number of H-pyrrole nitrogens is 1. The number of anilines is 1. The number of fused-ring (bicyclic) bond motifs is 1. The molecule has 0 unspecified atom stereocenters. The molecule has 0 saturated carbocycles. The van der Waals surface area contributed by atoms with Crippen LogP contribution in [0.25, 0.3) is 0 Å². The van der Waals surface area contributed by atoms with E-state index in [9.17, 15) is 4.79 Å². The number of nitrogens with zero attached hydrogens (tertiary/aromatic N) is 3. The Labute approximate surface area is 146 Å². The largest absolute Gasteiger partial charge is 0.368 e. The number of rotatable bonds is 2. The maximum Gasteiger partial charge on any atom is 0.274 e. The molecule has 1 aromatic carbocycles. The molecule has 1 amide bonds. The van der Waals surface area contributed by atoms with Gasteiger partial charge in [-0.1, -0.05) is 11.6 Å². The lowest BCUT2D eigenvalue weighted by molar-refractivity contribution is 0.0739. The zero-order valence-electron chi connectivity index (χ0n) is 13.6. The van der Waals surface area contributed by atoms with Crippen LogP contribution >= 0.6 is 11.6 Å². The van der Waals surface area contributed by atoms with Crippen LogP contribution in [0.4, 0.5) is 5.69 Å². The van der Waals surface area contributed by atoms with E-state index in [1.807, 2.05) is 29.2 Å². The van der Waals surface area contributed by atoms with E-state index in [4.69, 9.17) is 11.6 Å². The minimum atomic E-state index is 0.0742. The Balaban J connectivity index is 1.43. The SMILES string of the molecule is O=C(c1n[nH]c2c1CCCC2)N1CCN(c2ccc(Cl)cc2)CC1. The van der Waals surface area contributed by atoms with Gasteiger partial charge in [-0.25, -0.2) is 0 Å². The molecule has 1 aliphatic carbocycles. The summed E-state index contributed by atoms with van der Waals surface area (Å²) in [5, 5.41) is 8.13. The number of benzene rings is 1. The van der Waals surface area contributed by atoms with E-state index >= 15 is 0 Å². The lowest BCUT2D eigenvalue weighted by Crippen LogP contribution is -2.49. The first-order valence-electron chi connectivity index (χ1n) is 8.58. The van der Waals surface area contributed by atoms with Crippen LogP contribution in [0.15, 0.2) is 24.3 Å². The van der Waals surface area contributed by atoms with Crippen molar-refractivity contribution in [3.8, 4) is 0 Å². The Bertz CT molecular complexity index is 732. The van der Waals surface area contributed by atoms with Crippen LogP contribution in [0.5, 0.6) is 0 Å². The molecule has 0 spiro atoms. The summed E-state index contributed by atoms with van der Waals surface area (Å²) in [6.45, 7) is 3.12. The Morgan fingerprint density at radius 3 is 2.50 bits per heavy atom. The molecule has 1 aliphatic heterocycles. The number of aromatic nitrogens is 2. The fraction of sp³-hybridized carbons (Fsp3) is 0.444. The second kappa shape index (κ2) is 6.48. The summed E-state index contributed by atoms with van der Waals surface area (Å²) in [6.07, 6.45) is 4.32. The van der Waals surface area contributed by atoms with Gasteiger partial charge >= 0.3 is 0 Å². The van der Waals surface area contributed by atoms with Crippen molar-refractivity contribution in [2.75, 3.05) is 31.1 Å². The van der Waals surface area contributed by atoms with Gasteiger partial charge in [0.05, 0.1) is 0 Å². The molecule has 4 rings (SSSR count). The Kier molecular flexibility index (Phi) is 4.19. The van der Waals surface area contributed by atoms with Crippen molar-refractivity contribution >= 4 is 23.2 Å². The molecular formula is C18H21ClN4O. The molecule has 126 valence electrons. The first-order valence-corrected chi connectivity index (χ1v) is 8.96. The average molecular weight is 345 g/mol. The highest BCUT2D eigenvalue weighted by Crippen LogP contribution is 2.24. The van der Waals surface area contributed by atoms with Gasteiger partial charge in [-0.3, -0.25) is 9.89 Å². The first-order chi connectivity index (χ1) is 11.7. The summed E-state index contributed by atoms with van der Waals surface area (Å²) < 4.78 is 0. The number of carbonyl (C=O) groups is 1. The molecule has 0 radical (unpaired) electrons. The molecule has 0 bridgehead atoms. The zero-order chi connectivity index (χ0) is 16.5. The van der Waals surface area contributed by atoms with Crippen LogP contribution in [0.3, 0.4) is 0 Å². The normalized spacial score (nSPS) is 17.7. The minimum absolute atomic E-state index is 0.0742. The van der Waals surface area contributed by atoms with Crippen LogP contribution in [0.2, 0.25) is 5.02 Å². The molecule has 1 fully saturated rings. The summed E-state index contributed by atoms with van der Waals surface area (Å²) in [4.78, 5) is 17.0. The van der Waals surface area contributed by atoms with Gasteiger partial charge in [-0.2, -0.15) is 5.10 Å². The van der Waals surface area contributed by atoms with Crippen molar-refractivity contribution in [2.45, 2.75) is 25.7 Å². The third-order valence-corrected chi connectivity index (χ3v) is 5.27. The van der Waals surface area contributed by atoms with Crippen molar-refractivity contribution in [2.24, 2.45) is 0 Å². The first kappa shape index (κ1) is 15.5. The van der Waals surface area contributed by atoms with Crippen molar-refractivity contribution in [1.82, 2.24) is 15.1 Å². The molecule has 2 aliphatic rings. The second-order valence-electron chi connectivity index (χ2n) is 6.49. The molecule has 1 saturated heterocycles. The Morgan fingerprint density at radius 1 is 1.04 bits per heavy atom. The average Bonchev–Trinajstić information content (AvgIpc) is 3.06. The third kappa shape index (κ3) is 2.88. The van der Waals surface area contributed by atoms with Gasteiger partial charge in [0.2, 0.25) is 0 Å². The highest BCUT2D eigenvalue weighted by molar-refractivity contribution is 6.30. The van der Waals surface area contributed by atoms with E-state index in [1.165, 1.54) is 6.42 Å². The summed E-state index contributed by atoms with van der Waals surface area (Å²) in [6, 6.07) is 7.88. The van der Waals surface area contributed by atoms with E-state index < -0.39 is 0 Å². The van der Waals surface area contributed by atoms with E-state index in [0.717, 1.165) is 67.4 Å². The lowest BCUT2D eigenvalue weighted by Gasteiger charge is -2.36. The van der Waals surface area contributed by atoms with Gasteiger partial charge < -0.3 is 9.80 Å². The Morgan fingerprint density at radius 2 is 1.75 bits per heavy atom. The van der Waals surface area contributed by atoms with Crippen molar-refractivity contribution in [3.05, 3.63) is 46.2 Å². The quantitative estimate of drug-likeness (QED) is 0.911. The van der Waals surface area contributed by atoms with Crippen molar-refractivity contribution in [3.63, 3.8) is 0 Å². The predicted octanol–water partition coefficient (Wildman–Crippen LogP) is 2.90. The summed E-state index contributed by atoms with van der Waals surface area (Å²) >= 11 is 5.95. The third-order valence-electron chi connectivity index (χ3n) is 5.02. The maximum atomic E-state index is 12.8. The molecule has 2 heterocycles. The second-order valence-corrected chi connectivity index (χ2v) is 6.93. The van der Waals surface area contributed by atoms with Gasteiger partial charge in [0.1, 0.15) is 0 Å². The van der Waals surface area contributed by atoms with Gasteiger partial charge in [-0.05, 0) is 49.9 Å². The van der Waals surface area contributed by atoms with Gasteiger partial charge in [0.25, 0.3) is 5.91 Å². The molecule has 24 heavy (non-hydrogen) atoms. The van der Waals surface area contributed by atoms with E-state index in [-0.39, 0.29) is 5.91 Å². The van der Waals surface area contributed by atoms with E-state index in [0.29, 0.717) is 5.69 Å². The number of aryl methyl sites for hydroxylation is 1. The molecule has 5 nitrogen and oxygen atoms in total. The van der Waals surface area contributed by atoms with Gasteiger partial charge in [0, 0.05) is 48.1 Å². The molecular weight excluding hydrogens is 324 g/mol. The van der Waals surface area contributed by atoms with E-state index in [1.54, 1.807) is 0 Å². The fourth-order valence-corrected chi connectivity index (χ4v) is 3.75. The topological polar surface area (TPSA) is 52.2 Å². The van der Waals surface area contributed by atoms with Crippen LogP contribution in [0.1, 0.15) is 34.6 Å². The van der Waals surface area contributed by atoms with Gasteiger partial charge in [0.15, 0.2) is 5.69 Å². The fourth-order valence-electron chi connectivity index (χ4n) is 3.63. The smallest absolute Gasteiger partial charge is 0.274 e. The zero-order valence-corrected chi connectivity index (χ0v) is 14.4. The number of carbonyl (C=O) groups excluding carboxylic acids is 1. The van der Waals surface area contributed by atoms with Crippen LogP contribution < -0.4 is 4.90 Å². The number of amides is 1. The van der Waals surface area contributed by atoms with Crippen LogP contribution in [-0.4, -0.2) is 47.2 Å². The van der Waals surface area contributed by atoms with Crippen molar-refractivity contribution in [1.29, 1.82) is 0 Å². The molecule has 6 heteroatoms. The summed E-state index contributed by atoms with van der Waals surface area (Å²) in [5.74, 6) is 0.0742. The molecule has 1 aromatic heterocycles. The minimum Gasteiger partial charge on any atom is -0.368 e. The summed E-state index contributed by atoms with van der Waals surface area (Å²) in [5.41, 5.74) is 4.10. The molecule has 0 atom stereocenters. The summed E-state index contributed by atoms with van der Waals surface area (Å²) in [7, 11) is 0. The number of nitrogens with one attached hydrogen (secondary N) is 1. The lowest BCUT2D eigenvalue weighted by atomic mass is 9.95. The highest BCUT2D eigenvalue weighted by Gasteiger charge is 2.28. The number of hydrogen-bond donors (Lipinski definition) is 1. The van der Waals surface area contributed by atoms with Crippen LogP contribution in [0, 0.1) is 0 Å². The molecule has 2 aromatic rings. The van der Waals surface area contributed by atoms with E-state index in [2.05, 4.69) is 15.1 Å². The number of piperazine rings is 1. The standard InChI is InChI=1S/C18H21ClN4O/c19-13-5-7-14(8-6-13)22-9-11-23(12-10-22)18(24)17-15-3-1-2-4-16(15)20-21-17/h5-8H,1-4,9-12H2,(H,20,21).